The lowest BCUT2D eigenvalue weighted by atomic mass is 10.2. The smallest absolute Gasteiger partial charge is 0.146 e. The quantitative estimate of drug-likeness (QED) is 0.681. The SMILES string of the molecule is c1csc(-c2csc3nc(CN4CCOCC4)nc(N4CCCC4)c23)c1. The van der Waals surface area contributed by atoms with E-state index >= 15 is 0 Å². The van der Waals surface area contributed by atoms with Gasteiger partial charge in [-0.25, -0.2) is 9.97 Å². The summed E-state index contributed by atoms with van der Waals surface area (Å²) in [5.41, 5.74) is 1.29. The van der Waals surface area contributed by atoms with Gasteiger partial charge in [0.15, 0.2) is 0 Å². The Balaban J connectivity index is 1.58. The fourth-order valence-corrected chi connectivity index (χ4v) is 5.54. The average molecular weight is 387 g/mol. The minimum absolute atomic E-state index is 0.808. The normalized spacial score (nSPS) is 18.8. The Kier molecular flexibility index (Phi) is 4.62. The van der Waals surface area contributed by atoms with Crippen molar-refractivity contribution in [3.05, 3.63) is 28.7 Å². The Bertz CT molecular complexity index is 880. The average Bonchev–Trinajstić information content (AvgIpc) is 3.42. The van der Waals surface area contributed by atoms with Crippen molar-refractivity contribution < 1.29 is 4.74 Å². The van der Waals surface area contributed by atoms with Crippen molar-refractivity contribution in [1.29, 1.82) is 0 Å². The molecule has 2 aliphatic rings. The lowest BCUT2D eigenvalue weighted by Gasteiger charge is -2.26. The molecule has 0 bridgehead atoms. The second kappa shape index (κ2) is 7.23. The Morgan fingerprint density at radius 2 is 1.88 bits per heavy atom. The van der Waals surface area contributed by atoms with Crippen LogP contribution in [-0.2, 0) is 11.3 Å². The van der Waals surface area contributed by atoms with Crippen LogP contribution in [0.25, 0.3) is 20.7 Å². The Labute approximate surface area is 161 Å². The number of morpholine rings is 1. The molecule has 0 N–H and O–H groups in total. The van der Waals surface area contributed by atoms with Gasteiger partial charge in [-0.05, 0) is 24.3 Å². The molecule has 5 rings (SSSR count). The summed E-state index contributed by atoms with van der Waals surface area (Å²) < 4.78 is 5.47. The van der Waals surface area contributed by atoms with Gasteiger partial charge in [0, 0.05) is 42.0 Å². The van der Waals surface area contributed by atoms with Crippen LogP contribution in [-0.4, -0.2) is 54.3 Å². The minimum atomic E-state index is 0.808. The standard InChI is InChI=1S/C19H22N4OS2/c1-2-6-23(5-1)18-17-14(15-4-3-11-25-15)13-26-19(17)21-16(20-18)12-22-7-9-24-10-8-22/h3-4,11,13H,1-2,5-10,12H2. The Morgan fingerprint density at radius 3 is 2.65 bits per heavy atom. The van der Waals surface area contributed by atoms with Crippen LogP contribution in [0.1, 0.15) is 18.7 Å². The third-order valence-electron chi connectivity index (χ3n) is 5.12. The molecule has 26 heavy (non-hydrogen) atoms. The van der Waals surface area contributed by atoms with Gasteiger partial charge in [-0.3, -0.25) is 4.90 Å². The van der Waals surface area contributed by atoms with Gasteiger partial charge in [0.05, 0.1) is 25.1 Å². The van der Waals surface area contributed by atoms with Crippen LogP contribution >= 0.6 is 22.7 Å². The molecule has 3 aromatic heterocycles. The molecule has 2 saturated heterocycles. The monoisotopic (exact) mass is 386 g/mol. The van der Waals surface area contributed by atoms with E-state index in [0.717, 1.165) is 62.4 Å². The van der Waals surface area contributed by atoms with Gasteiger partial charge in [0.2, 0.25) is 0 Å². The van der Waals surface area contributed by atoms with Crippen LogP contribution < -0.4 is 4.90 Å². The summed E-state index contributed by atoms with van der Waals surface area (Å²) in [4.78, 5) is 17.3. The van der Waals surface area contributed by atoms with Crippen molar-refractivity contribution in [1.82, 2.24) is 14.9 Å². The molecule has 5 nitrogen and oxygen atoms in total. The predicted octanol–water partition coefficient (Wildman–Crippen LogP) is 3.85. The highest BCUT2D eigenvalue weighted by Gasteiger charge is 2.23. The molecule has 3 aromatic rings. The molecule has 2 aliphatic heterocycles. The maximum absolute atomic E-state index is 5.47. The predicted molar refractivity (Wildman–Crippen MR) is 108 cm³/mol. The van der Waals surface area contributed by atoms with Gasteiger partial charge in [0.1, 0.15) is 16.5 Å². The molecule has 2 fully saturated rings. The molecule has 0 radical (unpaired) electrons. The molecule has 5 heterocycles. The molecule has 0 saturated carbocycles. The second-order valence-corrected chi connectivity index (χ2v) is 8.66. The number of ether oxygens (including phenoxy) is 1. The highest BCUT2D eigenvalue weighted by molar-refractivity contribution is 7.18. The van der Waals surface area contributed by atoms with Crippen LogP contribution in [0.5, 0.6) is 0 Å². The molecule has 0 aliphatic carbocycles. The summed E-state index contributed by atoms with van der Waals surface area (Å²) in [7, 11) is 0. The van der Waals surface area contributed by atoms with Crippen molar-refractivity contribution in [2.75, 3.05) is 44.3 Å². The molecule has 0 amide bonds. The molecular weight excluding hydrogens is 364 g/mol. The maximum Gasteiger partial charge on any atom is 0.146 e. The zero-order chi connectivity index (χ0) is 17.3. The maximum atomic E-state index is 5.47. The number of anilines is 1. The van der Waals surface area contributed by atoms with Crippen LogP contribution in [0.3, 0.4) is 0 Å². The minimum Gasteiger partial charge on any atom is -0.379 e. The van der Waals surface area contributed by atoms with Crippen molar-refractivity contribution >= 4 is 38.7 Å². The zero-order valence-corrected chi connectivity index (χ0v) is 16.3. The van der Waals surface area contributed by atoms with Crippen molar-refractivity contribution in [3.63, 3.8) is 0 Å². The van der Waals surface area contributed by atoms with E-state index in [-0.39, 0.29) is 0 Å². The van der Waals surface area contributed by atoms with Gasteiger partial charge in [-0.2, -0.15) is 0 Å². The van der Waals surface area contributed by atoms with Gasteiger partial charge >= 0.3 is 0 Å². The first-order valence-electron chi connectivity index (χ1n) is 9.25. The van der Waals surface area contributed by atoms with Crippen molar-refractivity contribution in [2.45, 2.75) is 19.4 Å². The fourth-order valence-electron chi connectivity index (χ4n) is 3.77. The van der Waals surface area contributed by atoms with Gasteiger partial charge < -0.3 is 9.64 Å². The van der Waals surface area contributed by atoms with E-state index in [4.69, 9.17) is 14.7 Å². The summed E-state index contributed by atoms with van der Waals surface area (Å²) in [6.45, 7) is 6.56. The van der Waals surface area contributed by atoms with Crippen molar-refractivity contribution in [3.8, 4) is 10.4 Å². The van der Waals surface area contributed by atoms with Gasteiger partial charge in [-0.1, -0.05) is 6.07 Å². The summed E-state index contributed by atoms with van der Waals surface area (Å²) in [5, 5.41) is 5.63. The lowest BCUT2D eigenvalue weighted by molar-refractivity contribution is 0.0331. The first-order valence-corrected chi connectivity index (χ1v) is 11.0. The highest BCUT2D eigenvalue weighted by atomic mass is 32.1. The van der Waals surface area contributed by atoms with Crippen LogP contribution in [0, 0.1) is 0 Å². The number of hydrogen-bond acceptors (Lipinski definition) is 7. The van der Waals surface area contributed by atoms with E-state index in [0.29, 0.717) is 0 Å². The van der Waals surface area contributed by atoms with Crippen LogP contribution in [0.4, 0.5) is 5.82 Å². The first kappa shape index (κ1) is 16.6. The number of thiophene rings is 2. The Morgan fingerprint density at radius 1 is 1.04 bits per heavy atom. The van der Waals surface area contributed by atoms with Gasteiger partial charge in [0.25, 0.3) is 0 Å². The lowest BCUT2D eigenvalue weighted by Crippen LogP contribution is -2.36. The van der Waals surface area contributed by atoms with E-state index in [1.807, 2.05) is 0 Å². The number of aromatic nitrogens is 2. The van der Waals surface area contributed by atoms with Gasteiger partial charge in [-0.15, -0.1) is 22.7 Å². The number of fused-ring (bicyclic) bond motifs is 1. The first-order chi connectivity index (χ1) is 12.9. The summed E-state index contributed by atoms with van der Waals surface area (Å²) in [6, 6.07) is 4.31. The third kappa shape index (κ3) is 3.13. The molecule has 0 spiro atoms. The number of hydrogen-bond donors (Lipinski definition) is 0. The molecule has 0 unspecified atom stereocenters. The number of nitrogens with zero attached hydrogens (tertiary/aromatic N) is 4. The van der Waals surface area contributed by atoms with E-state index in [9.17, 15) is 0 Å². The third-order valence-corrected chi connectivity index (χ3v) is 6.90. The van der Waals surface area contributed by atoms with Crippen LogP contribution in [0.2, 0.25) is 0 Å². The summed E-state index contributed by atoms with van der Waals surface area (Å²) >= 11 is 3.54. The zero-order valence-electron chi connectivity index (χ0n) is 14.7. The second-order valence-electron chi connectivity index (χ2n) is 6.85. The van der Waals surface area contributed by atoms with E-state index < -0.39 is 0 Å². The topological polar surface area (TPSA) is 41.5 Å². The highest BCUT2D eigenvalue weighted by Crippen LogP contribution is 2.40. The Hall–Kier alpha value is -1.54. The molecule has 0 aromatic carbocycles. The van der Waals surface area contributed by atoms with E-state index in [1.165, 1.54) is 28.7 Å². The van der Waals surface area contributed by atoms with Crippen molar-refractivity contribution in [2.24, 2.45) is 0 Å². The summed E-state index contributed by atoms with van der Waals surface area (Å²) in [6.07, 6.45) is 2.51. The summed E-state index contributed by atoms with van der Waals surface area (Å²) in [5.74, 6) is 2.08. The largest absolute Gasteiger partial charge is 0.379 e. The molecular formula is C19H22N4OS2. The van der Waals surface area contributed by atoms with Crippen LogP contribution in [0.15, 0.2) is 22.9 Å². The molecule has 136 valence electrons. The molecule has 7 heteroatoms. The fraction of sp³-hybridized carbons (Fsp3) is 0.474. The molecule has 0 atom stereocenters. The van der Waals surface area contributed by atoms with E-state index in [2.05, 4.69) is 32.7 Å². The number of rotatable bonds is 4. The van der Waals surface area contributed by atoms with E-state index in [1.54, 1.807) is 22.7 Å².